The molecule has 0 saturated heterocycles. The number of ether oxygens (including phenoxy) is 2. The highest BCUT2D eigenvalue weighted by molar-refractivity contribution is 7.45. The number of allylic oxidation sites excluding steroid dienone is 14. The Morgan fingerprint density at radius 1 is 0.390 bits per heavy atom. The average Bonchev–Trinajstić information content (AvgIpc) is 3.46. The lowest BCUT2D eigenvalue weighted by Gasteiger charge is -2.28. The largest absolute Gasteiger partial charge is 0.756 e. The normalized spacial score (nSPS) is 13.7. The molecule has 9 nitrogen and oxygen atoms in total. The molecule has 0 spiro atoms. The molecule has 0 bridgehead atoms. The molecular formula is C72H130NO8P. The molecule has 0 N–H and O–H groups in total. The minimum Gasteiger partial charge on any atom is -0.756 e. The maximum atomic E-state index is 12.8. The number of phosphoric ester groups is 1. The van der Waals surface area contributed by atoms with Gasteiger partial charge >= 0.3 is 11.9 Å². The number of hydrogen-bond acceptors (Lipinski definition) is 8. The molecular weight excluding hydrogens is 1040 g/mol. The lowest BCUT2D eigenvalue weighted by atomic mass is 10.0. The van der Waals surface area contributed by atoms with E-state index in [0.29, 0.717) is 23.9 Å². The van der Waals surface area contributed by atoms with Crippen molar-refractivity contribution in [2.24, 2.45) is 0 Å². The van der Waals surface area contributed by atoms with Gasteiger partial charge in [-0.15, -0.1) is 0 Å². The Balaban J connectivity index is 3.94. The van der Waals surface area contributed by atoms with Crippen LogP contribution in [0.3, 0.4) is 0 Å². The fourth-order valence-corrected chi connectivity index (χ4v) is 10.4. The summed E-state index contributed by atoms with van der Waals surface area (Å²) >= 11 is 0. The van der Waals surface area contributed by atoms with Crippen LogP contribution in [0.25, 0.3) is 0 Å². The van der Waals surface area contributed by atoms with Crippen LogP contribution in [0.15, 0.2) is 85.1 Å². The van der Waals surface area contributed by atoms with E-state index in [9.17, 15) is 19.0 Å². The van der Waals surface area contributed by atoms with E-state index >= 15 is 0 Å². The first kappa shape index (κ1) is 79.2. The summed E-state index contributed by atoms with van der Waals surface area (Å²) in [5, 5.41) is 0. The zero-order chi connectivity index (χ0) is 59.8. The topological polar surface area (TPSA) is 111 Å². The minimum absolute atomic E-state index is 0.0339. The fourth-order valence-electron chi connectivity index (χ4n) is 9.66. The van der Waals surface area contributed by atoms with Crippen LogP contribution < -0.4 is 4.89 Å². The Kier molecular flexibility index (Phi) is 60.6. The molecule has 0 radical (unpaired) electrons. The third-order valence-electron chi connectivity index (χ3n) is 14.9. The number of quaternary nitrogens is 1. The van der Waals surface area contributed by atoms with Gasteiger partial charge in [0.25, 0.3) is 7.82 Å². The standard InChI is InChI=1S/C72H130NO8P/c1-6-8-10-12-14-16-18-20-22-24-26-27-28-29-30-31-32-33-34-35-36-37-38-39-40-41-42-43-44-45-47-49-51-53-55-57-59-61-63-65-72(75)81-70(69-80-82(76,77)79-67-66-73(3,4)5)68-78-71(74)64-62-60-58-56-54-52-50-48-46-25-23-21-19-17-15-13-11-9-7-2/h8,10,14-17,20-23,26-27,46,48,70H,6-7,9,11-13,18-19,24-25,28-45,47,49-69H2,1-5H3/b10-8-,16-14-,17-15-,22-20-,23-21-,27-26-,48-46-. The van der Waals surface area contributed by atoms with Crippen LogP contribution in [0.2, 0.25) is 0 Å². The highest BCUT2D eigenvalue weighted by Crippen LogP contribution is 2.38. The number of nitrogens with zero attached hydrogens (tertiary/aromatic N) is 1. The van der Waals surface area contributed by atoms with Crippen LogP contribution >= 0.6 is 7.82 Å². The molecule has 82 heavy (non-hydrogen) atoms. The number of esters is 2. The molecule has 0 saturated carbocycles. The van der Waals surface area contributed by atoms with Crippen molar-refractivity contribution in [3.8, 4) is 0 Å². The number of carbonyl (C=O) groups excluding carboxylic acids is 2. The van der Waals surface area contributed by atoms with E-state index in [1.807, 2.05) is 21.1 Å². The van der Waals surface area contributed by atoms with Crippen LogP contribution in [-0.2, 0) is 32.7 Å². The second-order valence-corrected chi connectivity index (χ2v) is 25.6. The van der Waals surface area contributed by atoms with Gasteiger partial charge in [-0.05, 0) is 89.9 Å². The molecule has 0 amide bonds. The third kappa shape index (κ3) is 66.3. The van der Waals surface area contributed by atoms with Gasteiger partial charge in [0, 0.05) is 12.8 Å². The third-order valence-corrected chi connectivity index (χ3v) is 15.9. The Morgan fingerprint density at radius 2 is 0.695 bits per heavy atom. The van der Waals surface area contributed by atoms with Gasteiger partial charge in [-0.1, -0.05) is 292 Å². The molecule has 0 aromatic carbocycles. The van der Waals surface area contributed by atoms with E-state index < -0.39 is 32.5 Å². The minimum atomic E-state index is -4.64. The fraction of sp³-hybridized carbons (Fsp3) is 0.778. The molecule has 0 aliphatic rings. The predicted molar refractivity (Wildman–Crippen MR) is 351 cm³/mol. The number of unbranched alkanes of at least 4 members (excludes halogenated alkanes) is 35. The van der Waals surface area contributed by atoms with Crippen LogP contribution in [0.1, 0.15) is 309 Å². The first-order chi connectivity index (χ1) is 40.0. The van der Waals surface area contributed by atoms with Crippen LogP contribution in [0.4, 0.5) is 0 Å². The molecule has 0 heterocycles. The Hall–Kier alpha value is -2.81. The number of phosphoric acid groups is 1. The van der Waals surface area contributed by atoms with E-state index in [1.54, 1.807) is 0 Å². The molecule has 2 atom stereocenters. The SMILES string of the molecule is CC/C=C\C/C=C\C/C=C\C/C=C\CCCCCCCCCCCCCCCCCCCCCCCCCCCCC(=O)OC(COC(=O)CCCCCCCC/C=C\C/C=C\C/C=C\CCCCC)COP(=O)([O-])OCC[N+](C)(C)C. The Bertz CT molecular complexity index is 1660. The highest BCUT2D eigenvalue weighted by atomic mass is 31.2. The zero-order valence-corrected chi connectivity index (χ0v) is 55.1. The second kappa shape index (κ2) is 62.7. The number of likely N-dealkylation sites (N-methyl/N-ethyl adjacent to an activating group) is 1. The van der Waals surface area contributed by atoms with Gasteiger partial charge in [0.1, 0.15) is 19.8 Å². The molecule has 0 aliphatic carbocycles. The van der Waals surface area contributed by atoms with Crippen molar-refractivity contribution in [2.45, 2.75) is 315 Å². The van der Waals surface area contributed by atoms with E-state index in [-0.39, 0.29) is 26.1 Å². The van der Waals surface area contributed by atoms with Crippen molar-refractivity contribution >= 4 is 19.8 Å². The molecule has 0 aliphatic heterocycles. The summed E-state index contributed by atoms with van der Waals surface area (Å²) in [6.45, 7) is 4.11. The lowest BCUT2D eigenvalue weighted by molar-refractivity contribution is -0.870. The molecule has 0 rings (SSSR count). The molecule has 2 unspecified atom stereocenters. The summed E-state index contributed by atoms with van der Waals surface area (Å²) in [5.41, 5.74) is 0. The number of carbonyl (C=O) groups is 2. The van der Waals surface area contributed by atoms with Gasteiger partial charge in [-0.25, -0.2) is 0 Å². The number of rotatable bonds is 63. The molecule has 0 aromatic heterocycles. The molecule has 0 fully saturated rings. The summed E-state index contributed by atoms with van der Waals surface area (Å²) < 4.78 is 34.2. The van der Waals surface area contributed by atoms with Crippen LogP contribution in [0.5, 0.6) is 0 Å². The van der Waals surface area contributed by atoms with E-state index in [1.165, 1.54) is 186 Å². The highest BCUT2D eigenvalue weighted by Gasteiger charge is 2.22. The number of hydrogen-bond donors (Lipinski definition) is 0. The maximum Gasteiger partial charge on any atom is 0.306 e. The summed E-state index contributed by atoms with van der Waals surface area (Å²) in [6, 6.07) is 0. The van der Waals surface area contributed by atoms with Crippen molar-refractivity contribution in [1.82, 2.24) is 0 Å². The van der Waals surface area contributed by atoms with Crippen molar-refractivity contribution in [1.29, 1.82) is 0 Å². The van der Waals surface area contributed by atoms with Gasteiger partial charge in [0.2, 0.25) is 0 Å². The van der Waals surface area contributed by atoms with Crippen LogP contribution in [-0.4, -0.2) is 70.0 Å². The molecule has 476 valence electrons. The monoisotopic (exact) mass is 1170 g/mol. The average molecular weight is 1170 g/mol. The van der Waals surface area contributed by atoms with E-state index in [2.05, 4.69) is 98.9 Å². The predicted octanol–water partition coefficient (Wildman–Crippen LogP) is 21.5. The van der Waals surface area contributed by atoms with Crippen LogP contribution in [0, 0.1) is 0 Å². The molecule has 10 heteroatoms. The summed E-state index contributed by atoms with van der Waals surface area (Å²) in [6.07, 6.45) is 85.3. The maximum absolute atomic E-state index is 12.8. The van der Waals surface area contributed by atoms with Crippen molar-refractivity contribution < 1.29 is 42.1 Å². The van der Waals surface area contributed by atoms with Gasteiger partial charge in [-0.2, -0.15) is 0 Å². The zero-order valence-electron chi connectivity index (χ0n) is 54.2. The summed E-state index contributed by atoms with van der Waals surface area (Å²) in [7, 11) is 1.16. The van der Waals surface area contributed by atoms with Gasteiger partial charge in [0.05, 0.1) is 27.7 Å². The first-order valence-electron chi connectivity index (χ1n) is 34.3. The van der Waals surface area contributed by atoms with Crippen molar-refractivity contribution in [3.63, 3.8) is 0 Å². The first-order valence-corrected chi connectivity index (χ1v) is 35.8. The van der Waals surface area contributed by atoms with E-state index in [0.717, 1.165) is 83.5 Å². The summed E-state index contributed by atoms with van der Waals surface area (Å²) in [5.74, 6) is -0.838. The summed E-state index contributed by atoms with van der Waals surface area (Å²) in [4.78, 5) is 38.0. The van der Waals surface area contributed by atoms with Crippen molar-refractivity contribution in [3.05, 3.63) is 85.1 Å². The Morgan fingerprint density at radius 3 is 1.04 bits per heavy atom. The smallest absolute Gasteiger partial charge is 0.306 e. The quantitative estimate of drug-likeness (QED) is 0.0195. The lowest BCUT2D eigenvalue weighted by Crippen LogP contribution is -2.37. The van der Waals surface area contributed by atoms with Crippen molar-refractivity contribution in [2.75, 3.05) is 47.5 Å². The van der Waals surface area contributed by atoms with E-state index in [4.69, 9.17) is 18.5 Å². The van der Waals surface area contributed by atoms with Gasteiger partial charge in [0.15, 0.2) is 6.10 Å². The molecule has 0 aromatic rings. The van der Waals surface area contributed by atoms with Gasteiger partial charge in [-0.3, -0.25) is 14.2 Å². The second-order valence-electron chi connectivity index (χ2n) is 24.2. The Labute approximate surface area is 507 Å². The van der Waals surface area contributed by atoms with Gasteiger partial charge < -0.3 is 27.9 Å².